The highest BCUT2D eigenvalue weighted by molar-refractivity contribution is 7.96. The van der Waals surface area contributed by atoms with Gasteiger partial charge in [-0.3, -0.25) is 19.2 Å². The van der Waals surface area contributed by atoms with E-state index in [0.29, 0.717) is 0 Å². The van der Waals surface area contributed by atoms with Crippen LogP contribution >= 0.6 is 6.89 Å². The topological polar surface area (TPSA) is 77.5 Å². The minimum atomic E-state index is -3.10. The van der Waals surface area contributed by atoms with Crippen molar-refractivity contribution in [1.82, 2.24) is 0 Å². The maximum Gasteiger partial charge on any atom is 0.314 e. The number of esters is 1. The van der Waals surface area contributed by atoms with Crippen LogP contribution < -0.4 is 15.9 Å². The second-order valence-corrected chi connectivity index (χ2v) is 12.6. The van der Waals surface area contributed by atoms with Gasteiger partial charge in [0.25, 0.3) is 0 Å². The minimum Gasteiger partial charge on any atom is -0.465 e. The van der Waals surface area contributed by atoms with Gasteiger partial charge in [-0.1, -0.05) is 121 Å². The van der Waals surface area contributed by atoms with Gasteiger partial charge in [0.05, 0.1) is 6.61 Å². The first-order chi connectivity index (χ1) is 19.0. The minimum absolute atomic E-state index is 0.0463. The van der Waals surface area contributed by atoms with Crippen molar-refractivity contribution in [3.63, 3.8) is 0 Å². The van der Waals surface area contributed by atoms with Crippen molar-refractivity contribution in [2.45, 2.75) is 6.92 Å². The summed E-state index contributed by atoms with van der Waals surface area (Å²) in [6.07, 6.45) is 0. The van der Waals surface area contributed by atoms with E-state index in [0.717, 1.165) is 15.9 Å². The number of ketones is 3. The number of hydrogen-bond donors (Lipinski definition) is 0. The van der Waals surface area contributed by atoms with Gasteiger partial charge in [-0.25, -0.2) is 0 Å². The van der Waals surface area contributed by atoms with Crippen molar-refractivity contribution < 1.29 is 23.9 Å². The molecule has 0 bridgehead atoms. The molecule has 1 aliphatic rings. The Morgan fingerprint density at radius 1 is 0.641 bits per heavy atom. The van der Waals surface area contributed by atoms with Crippen LogP contribution in [0, 0.1) is 11.8 Å². The first kappa shape index (κ1) is 26.3. The summed E-state index contributed by atoms with van der Waals surface area (Å²) in [7, 11) is 0. The lowest BCUT2D eigenvalue weighted by molar-refractivity contribution is -0.147. The van der Waals surface area contributed by atoms with Crippen molar-refractivity contribution in [3.8, 4) is 0 Å². The zero-order valence-corrected chi connectivity index (χ0v) is 22.3. The molecule has 6 heteroatoms. The van der Waals surface area contributed by atoms with E-state index in [1.807, 2.05) is 91.0 Å². The zero-order chi connectivity index (χ0) is 27.4. The fourth-order valence-electron chi connectivity index (χ4n) is 5.43. The van der Waals surface area contributed by atoms with Gasteiger partial charge < -0.3 is 4.74 Å². The third-order valence-electron chi connectivity index (χ3n) is 7.04. The van der Waals surface area contributed by atoms with E-state index in [1.54, 1.807) is 37.3 Å². The van der Waals surface area contributed by atoms with E-state index in [2.05, 4.69) is 0 Å². The monoisotopic (exact) mass is 534 g/mol. The van der Waals surface area contributed by atoms with Crippen LogP contribution in [0.3, 0.4) is 0 Å². The van der Waals surface area contributed by atoms with Crippen LogP contribution in [-0.2, 0) is 19.1 Å². The van der Waals surface area contributed by atoms with E-state index >= 15 is 0 Å². The molecule has 4 aromatic carbocycles. The van der Waals surface area contributed by atoms with Crippen LogP contribution in [-0.4, -0.2) is 35.2 Å². The Morgan fingerprint density at radius 2 is 1.05 bits per heavy atom. The van der Waals surface area contributed by atoms with E-state index in [9.17, 15) is 19.2 Å². The molecule has 0 aliphatic heterocycles. The van der Waals surface area contributed by atoms with Gasteiger partial charge in [-0.15, -0.1) is 0 Å². The Kier molecular flexibility index (Phi) is 7.53. The highest BCUT2D eigenvalue weighted by atomic mass is 31.2. The molecular weight excluding hydrogens is 507 g/mol. The van der Waals surface area contributed by atoms with Gasteiger partial charge in [-0.05, 0) is 29.7 Å². The number of carbonyl (C=O) groups excluding carboxylic acids is 4. The molecule has 0 radical (unpaired) electrons. The van der Waals surface area contributed by atoms with E-state index < -0.39 is 42.0 Å². The number of Topliss-reactive ketones (excluding diaryl/α,β-unsaturated/α-hetero) is 3. The highest BCUT2D eigenvalue weighted by Crippen LogP contribution is 2.51. The first-order valence-corrected chi connectivity index (χ1v) is 14.6. The Morgan fingerprint density at radius 3 is 1.46 bits per heavy atom. The SMILES string of the molecule is CCOC(=O)C1C(=P(c2ccccc2)(c2ccccc2)c2ccccc2)C(=O)C(=O)C1C(=O)c1ccccc1. The van der Waals surface area contributed by atoms with E-state index in [1.165, 1.54) is 0 Å². The average Bonchev–Trinajstić information content (AvgIpc) is 3.26. The van der Waals surface area contributed by atoms with Gasteiger partial charge in [0, 0.05) is 10.9 Å². The van der Waals surface area contributed by atoms with E-state index in [4.69, 9.17) is 4.74 Å². The molecule has 0 spiro atoms. The lowest BCUT2D eigenvalue weighted by atomic mass is 9.88. The fraction of sp³-hybridized carbons (Fsp3) is 0.121. The van der Waals surface area contributed by atoms with Gasteiger partial charge in [-0.2, -0.15) is 0 Å². The van der Waals surface area contributed by atoms with Crippen LogP contribution in [0.5, 0.6) is 0 Å². The number of ether oxygens (including phenoxy) is 1. The van der Waals surface area contributed by atoms with Gasteiger partial charge >= 0.3 is 5.97 Å². The average molecular weight is 535 g/mol. The van der Waals surface area contributed by atoms with Crippen LogP contribution in [0.1, 0.15) is 17.3 Å². The lowest BCUT2D eigenvalue weighted by Crippen LogP contribution is -2.39. The third-order valence-corrected chi connectivity index (χ3v) is 11.5. The van der Waals surface area contributed by atoms with Gasteiger partial charge in [0.15, 0.2) is 5.78 Å². The maximum atomic E-state index is 14.2. The van der Waals surface area contributed by atoms with Crippen molar-refractivity contribution >= 4 is 51.4 Å². The molecule has 0 aromatic heterocycles. The smallest absolute Gasteiger partial charge is 0.314 e. The van der Waals surface area contributed by atoms with Gasteiger partial charge in [0.2, 0.25) is 11.6 Å². The molecule has 0 N–H and O–H groups in total. The molecule has 5 rings (SSSR count). The first-order valence-electron chi connectivity index (χ1n) is 12.8. The summed E-state index contributed by atoms with van der Waals surface area (Å²) >= 11 is 0. The molecule has 39 heavy (non-hydrogen) atoms. The largest absolute Gasteiger partial charge is 0.465 e. The molecule has 1 saturated carbocycles. The van der Waals surface area contributed by atoms with Crippen molar-refractivity contribution in [2.24, 2.45) is 11.8 Å². The standard InChI is InChI=1S/C33H27O5P/c1-2-38-33(37)28-27(29(34)23-15-7-3-8-16-23)30(35)31(36)32(28)39(24-17-9-4-10-18-24,25-19-11-5-12-20-25)26-21-13-6-14-22-26/h3-22,27-28H,2H2,1H3. The second-order valence-electron chi connectivity index (χ2n) is 9.19. The molecule has 4 aromatic rings. The quantitative estimate of drug-likeness (QED) is 0.118. The van der Waals surface area contributed by atoms with Crippen LogP contribution in [0.25, 0.3) is 0 Å². The highest BCUT2D eigenvalue weighted by Gasteiger charge is 2.57. The summed E-state index contributed by atoms with van der Waals surface area (Å²) < 4.78 is 5.47. The summed E-state index contributed by atoms with van der Waals surface area (Å²) in [4.78, 5) is 55.6. The number of rotatable bonds is 7. The lowest BCUT2D eigenvalue weighted by Gasteiger charge is -2.33. The van der Waals surface area contributed by atoms with Crippen molar-refractivity contribution in [2.75, 3.05) is 6.61 Å². The summed E-state index contributed by atoms with van der Waals surface area (Å²) in [6.45, 7) is -1.39. The Bertz CT molecular complexity index is 1480. The normalized spacial score (nSPS) is 17.2. The predicted octanol–water partition coefficient (Wildman–Crippen LogP) is 3.98. The fourth-order valence-corrected chi connectivity index (χ4v) is 10.1. The third kappa shape index (κ3) is 4.49. The number of carbonyl (C=O) groups is 4. The summed E-state index contributed by atoms with van der Waals surface area (Å²) in [6, 6.07) is 36.8. The summed E-state index contributed by atoms with van der Waals surface area (Å²) in [5.41, 5.74) is 0.266. The molecule has 2 unspecified atom stereocenters. The molecule has 1 fully saturated rings. The molecule has 1 aliphatic carbocycles. The van der Waals surface area contributed by atoms with Crippen LogP contribution in [0.4, 0.5) is 0 Å². The van der Waals surface area contributed by atoms with Crippen LogP contribution in [0.2, 0.25) is 0 Å². The Labute approximate surface area is 227 Å². The second kappa shape index (κ2) is 11.2. The Hall–Kier alpha value is -4.34. The molecule has 0 amide bonds. The molecule has 194 valence electrons. The molecule has 2 atom stereocenters. The van der Waals surface area contributed by atoms with Crippen molar-refractivity contribution in [1.29, 1.82) is 0 Å². The van der Waals surface area contributed by atoms with Crippen molar-refractivity contribution in [3.05, 3.63) is 127 Å². The molecule has 0 saturated heterocycles. The Balaban J connectivity index is 1.96. The number of hydrogen-bond acceptors (Lipinski definition) is 5. The summed E-state index contributed by atoms with van der Waals surface area (Å²) in [5.74, 6) is -5.81. The van der Waals surface area contributed by atoms with Gasteiger partial charge in [0.1, 0.15) is 11.8 Å². The molecule has 0 heterocycles. The molecule has 5 nitrogen and oxygen atoms in total. The predicted molar refractivity (Wildman–Crippen MR) is 155 cm³/mol. The van der Waals surface area contributed by atoms with E-state index in [-0.39, 0.29) is 17.5 Å². The number of benzene rings is 4. The van der Waals surface area contributed by atoms with Crippen LogP contribution in [0.15, 0.2) is 121 Å². The molecular formula is C33H27O5P. The zero-order valence-electron chi connectivity index (χ0n) is 21.4. The summed E-state index contributed by atoms with van der Waals surface area (Å²) in [5, 5.41) is 2.56. The maximum absolute atomic E-state index is 14.2.